The van der Waals surface area contributed by atoms with E-state index in [0.717, 1.165) is 19.3 Å². The third-order valence-electron chi connectivity index (χ3n) is 3.65. The Balaban J connectivity index is 2.45. The molecule has 1 amide bonds. The van der Waals surface area contributed by atoms with Gasteiger partial charge in [-0.3, -0.25) is 4.79 Å². The van der Waals surface area contributed by atoms with Crippen LogP contribution in [-0.4, -0.2) is 23.7 Å². The summed E-state index contributed by atoms with van der Waals surface area (Å²) in [4.78, 5) is 12.2. The summed E-state index contributed by atoms with van der Waals surface area (Å²) in [6.07, 6.45) is 7.70. The molecule has 0 aliphatic heterocycles. The van der Waals surface area contributed by atoms with Gasteiger partial charge in [-0.05, 0) is 24.7 Å². The SMILES string of the molecule is CC(C)(C)CC(CO)NC(=O)C1CCCCCC1. The van der Waals surface area contributed by atoms with Gasteiger partial charge >= 0.3 is 0 Å². The van der Waals surface area contributed by atoms with Crippen LogP contribution in [0.5, 0.6) is 0 Å². The molecule has 1 saturated carbocycles. The van der Waals surface area contributed by atoms with Crippen LogP contribution in [0.2, 0.25) is 0 Å². The Morgan fingerprint density at radius 1 is 1.22 bits per heavy atom. The number of carbonyl (C=O) groups is 1. The van der Waals surface area contributed by atoms with Crippen LogP contribution in [0.4, 0.5) is 0 Å². The van der Waals surface area contributed by atoms with Gasteiger partial charge in [0.25, 0.3) is 0 Å². The van der Waals surface area contributed by atoms with Crippen LogP contribution in [0.25, 0.3) is 0 Å². The van der Waals surface area contributed by atoms with E-state index >= 15 is 0 Å². The van der Waals surface area contributed by atoms with E-state index in [4.69, 9.17) is 0 Å². The number of aliphatic hydroxyl groups is 1. The molecule has 0 aromatic rings. The number of nitrogens with one attached hydrogen (secondary N) is 1. The second-order valence-electron chi connectivity index (χ2n) is 6.84. The monoisotopic (exact) mass is 255 g/mol. The van der Waals surface area contributed by atoms with Crippen LogP contribution in [0.1, 0.15) is 65.7 Å². The summed E-state index contributed by atoms with van der Waals surface area (Å²) in [7, 11) is 0. The maximum Gasteiger partial charge on any atom is 0.223 e. The van der Waals surface area contributed by atoms with E-state index in [9.17, 15) is 9.90 Å². The quantitative estimate of drug-likeness (QED) is 0.759. The van der Waals surface area contributed by atoms with Gasteiger partial charge in [-0.1, -0.05) is 46.5 Å². The van der Waals surface area contributed by atoms with E-state index < -0.39 is 0 Å². The van der Waals surface area contributed by atoms with Gasteiger partial charge in [0.05, 0.1) is 12.6 Å². The first kappa shape index (κ1) is 15.5. The van der Waals surface area contributed by atoms with Crippen molar-refractivity contribution in [2.75, 3.05) is 6.61 Å². The first-order chi connectivity index (χ1) is 8.42. The zero-order valence-corrected chi connectivity index (χ0v) is 12.2. The van der Waals surface area contributed by atoms with Gasteiger partial charge in [0.2, 0.25) is 5.91 Å². The highest BCUT2D eigenvalue weighted by atomic mass is 16.3. The largest absolute Gasteiger partial charge is 0.394 e. The lowest BCUT2D eigenvalue weighted by atomic mass is 9.88. The van der Waals surface area contributed by atoms with Crippen molar-refractivity contribution in [3.63, 3.8) is 0 Å². The molecule has 0 bridgehead atoms. The van der Waals surface area contributed by atoms with Crippen molar-refractivity contribution in [3.8, 4) is 0 Å². The van der Waals surface area contributed by atoms with Gasteiger partial charge in [-0.2, -0.15) is 0 Å². The lowest BCUT2D eigenvalue weighted by Crippen LogP contribution is -2.42. The number of carbonyl (C=O) groups excluding carboxylic acids is 1. The zero-order valence-electron chi connectivity index (χ0n) is 12.2. The first-order valence-electron chi connectivity index (χ1n) is 7.33. The normalized spacial score (nSPS) is 20.2. The molecular weight excluding hydrogens is 226 g/mol. The fraction of sp³-hybridized carbons (Fsp3) is 0.933. The molecule has 0 aromatic carbocycles. The van der Waals surface area contributed by atoms with Crippen LogP contribution >= 0.6 is 0 Å². The van der Waals surface area contributed by atoms with Crippen molar-refractivity contribution in [2.45, 2.75) is 71.8 Å². The van der Waals surface area contributed by atoms with Gasteiger partial charge in [0.15, 0.2) is 0 Å². The lowest BCUT2D eigenvalue weighted by molar-refractivity contribution is -0.126. The molecule has 0 heterocycles. The Kier molecular flexibility index (Phi) is 6.13. The summed E-state index contributed by atoms with van der Waals surface area (Å²) < 4.78 is 0. The molecule has 1 atom stereocenters. The highest BCUT2D eigenvalue weighted by Crippen LogP contribution is 2.24. The van der Waals surface area contributed by atoms with Crippen molar-refractivity contribution in [2.24, 2.45) is 11.3 Å². The van der Waals surface area contributed by atoms with Crippen LogP contribution < -0.4 is 5.32 Å². The Bertz CT molecular complexity index is 250. The standard InChI is InChI=1S/C15H29NO2/c1-15(2,3)10-13(11-17)16-14(18)12-8-6-4-5-7-9-12/h12-13,17H,4-11H2,1-3H3,(H,16,18). The van der Waals surface area contributed by atoms with Crippen molar-refractivity contribution in [1.29, 1.82) is 0 Å². The maximum absolute atomic E-state index is 12.2. The third kappa shape index (κ3) is 5.85. The summed E-state index contributed by atoms with van der Waals surface area (Å²) in [5.74, 6) is 0.321. The fourth-order valence-corrected chi connectivity index (χ4v) is 2.76. The molecule has 1 fully saturated rings. The number of aliphatic hydroxyl groups excluding tert-OH is 1. The second-order valence-corrected chi connectivity index (χ2v) is 6.84. The summed E-state index contributed by atoms with van der Waals surface area (Å²) in [6, 6.07) is -0.0965. The summed E-state index contributed by atoms with van der Waals surface area (Å²) in [5, 5.41) is 12.4. The van der Waals surface area contributed by atoms with Gasteiger partial charge < -0.3 is 10.4 Å². The first-order valence-corrected chi connectivity index (χ1v) is 7.33. The summed E-state index contributed by atoms with van der Waals surface area (Å²) >= 11 is 0. The van der Waals surface area contributed by atoms with Crippen LogP contribution in [0.3, 0.4) is 0 Å². The van der Waals surface area contributed by atoms with Crippen molar-refractivity contribution in [1.82, 2.24) is 5.32 Å². The fourth-order valence-electron chi connectivity index (χ4n) is 2.76. The predicted molar refractivity (Wildman–Crippen MR) is 74.3 cm³/mol. The minimum absolute atomic E-state index is 0.0374. The zero-order chi connectivity index (χ0) is 13.6. The third-order valence-corrected chi connectivity index (χ3v) is 3.65. The molecule has 106 valence electrons. The molecule has 0 radical (unpaired) electrons. The van der Waals surface area contributed by atoms with Crippen LogP contribution in [0.15, 0.2) is 0 Å². The molecule has 18 heavy (non-hydrogen) atoms. The van der Waals surface area contributed by atoms with Crippen LogP contribution in [-0.2, 0) is 4.79 Å². The van der Waals surface area contributed by atoms with E-state index in [-0.39, 0.29) is 29.9 Å². The van der Waals surface area contributed by atoms with Gasteiger partial charge in [-0.15, -0.1) is 0 Å². The van der Waals surface area contributed by atoms with E-state index in [2.05, 4.69) is 26.1 Å². The Morgan fingerprint density at radius 2 is 1.78 bits per heavy atom. The Hall–Kier alpha value is -0.570. The number of hydrogen-bond acceptors (Lipinski definition) is 2. The molecular formula is C15H29NO2. The summed E-state index contributed by atoms with van der Waals surface area (Å²) in [6.45, 7) is 6.43. The second kappa shape index (κ2) is 7.13. The molecule has 1 aliphatic rings. The smallest absolute Gasteiger partial charge is 0.223 e. The molecule has 1 unspecified atom stereocenters. The van der Waals surface area contributed by atoms with E-state index in [0.29, 0.717) is 0 Å². The van der Waals surface area contributed by atoms with Gasteiger partial charge in [-0.25, -0.2) is 0 Å². The molecule has 2 N–H and O–H groups in total. The number of hydrogen-bond donors (Lipinski definition) is 2. The summed E-state index contributed by atoms with van der Waals surface area (Å²) in [5.41, 5.74) is 0.129. The van der Waals surface area contributed by atoms with Crippen molar-refractivity contribution < 1.29 is 9.90 Å². The minimum atomic E-state index is -0.0965. The number of amides is 1. The lowest BCUT2D eigenvalue weighted by Gasteiger charge is -2.27. The van der Waals surface area contributed by atoms with Gasteiger partial charge in [0, 0.05) is 5.92 Å². The molecule has 0 aromatic heterocycles. The Labute approximate surface area is 111 Å². The molecule has 1 rings (SSSR count). The molecule has 0 saturated heterocycles. The van der Waals surface area contributed by atoms with E-state index in [1.54, 1.807) is 0 Å². The van der Waals surface area contributed by atoms with Crippen molar-refractivity contribution >= 4 is 5.91 Å². The van der Waals surface area contributed by atoms with Crippen LogP contribution in [0, 0.1) is 11.3 Å². The molecule has 0 spiro atoms. The highest BCUT2D eigenvalue weighted by Gasteiger charge is 2.24. The topological polar surface area (TPSA) is 49.3 Å². The Morgan fingerprint density at radius 3 is 2.22 bits per heavy atom. The molecule has 3 nitrogen and oxygen atoms in total. The predicted octanol–water partition coefficient (Wildman–Crippen LogP) is 2.87. The minimum Gasteiger partial charge on any atom is -0.394 e. The van der Waals surface area contributed by atoms with Gasteiger partial charge in [0.1, 0.15) is 0 Å². The average Bonchev–Trinajstić information content (AvgIpc) is 2.54. The maximum atomic E-state index is 12.2. The average molecular weight is 255 g/mol. The van der Waals surface area contributed by atoms with Crippen molar-refractivity contribution in [3.05, 3.63) is 0 Å². The van der Waals surface area contributed by atoms with E-state index in [1.807, 2.05) is 0 Å². The number of rotatable bonds is 4. The molecule has 1 aliphatic carbocycles. The highest BCUT2D eigenvalue weighted by molar-refractivity contribution is 5.78. The molecule has 3 heteroatoms. The van der Waals surface area contributed by atoms with E-state index in [1.165, 1.54) is 25.7 Å².